The molecule has 0 aliphatic rings. The second-order valence-electron chi connectivity index (χ2n) is 10.5. The Balaban J connectivity index is 1.58. The van der Waals surface area contributed by atoms with Crippen molar-refractivity contribution >= 4 is 75.4 Å². The topological polar surface area (TPSA) is 0 Å². The van der Waals surface area contributed by atoms with Crippen molar-refractivity contribution in [3.05, 3.63) is 133 Å². The first kappa shape index (κ1) is 20.2. The lowest BCUT2D eigenvalue weighted by Crippen LogP contribution is -1.90. The van der Waals surface area contributed by atoms with Crippen molar-refractivity contribution in [2.24, 2.45) is 0 Å². The van der Waals surface area contributed by atoms with Gasteiger partial charge in [-0.3, -0.25) is 0 Å². The zero-order valence-electron chi connectivity index (χ0n) is 20.7. The minimum atomic E-state index is 1.26. The lowest BCUT2D eigenvalue weighted by atomic mass is 9.86. The molecule has 0 amide bonds. The number of rotatable bonds is 1. The molecule has 9 aromatic rings. The predicted molar refractivity (Wildman–Crippen MR) is 166 cm³/mol. The van der Waals surface area contributed by atoms with Crippen molar-refractivity contribution in [1.82, 2.24) is 0 Å². The van der Waals surface area contributed by atoms with E-state index in [0.717, 1.165) is 0 Å². The average Bonchev–Trinajstić information content (AvgIpc) is 2.98. The molecule has 0 bridgehead atoms. The molecule has 0 fully saturated rings. The number of hydrogen-bond acceptors (Lipinski definition) is 0. The molecule has 0 saturated heterocycles. The van der Waals surface area contributed by atoms with E-state index in [1.165, 1.54) is 86.5 Å². The Kier molecular flexibility index (Phi) is 3.88. The standard InChI is InChI=1S/C38H22/c1-2-7-27-22-28(17-14-23(27)6-1)29-20-21-34-32-13-4-9-25-16-15-24-8-3-11-30(35(24)36(25)32)31-12-5-10-26-18-19-33(29)38(34)37(26)31/h1-22H. The van der Waals surface area contributed by atoms with E-state index < -0.39 is 0 Å². The van der Waals surface area contributed by atoms with E-state index in [0.29, 0.717) is 0 Å². The van der Waals surface area contributed by atoms with Crippen LogP contribution in [0.3, 0.4) is 0 Å². The molecule has 0 aromatic heterocycles. The summed E-state index contributed by atoms with van der Waals surface area (Å²) < 4.78 is 0. The van der Waals surface area contributed by atoms with Crippen LogP contribution in [0.5, 0.6) is 0 Å². The van der Waals surface area contributed by atoms with Crippen molar-refractivity contribution in [3.63, 3.8) is 0 Å². The summed E-state index contributed by atoms with van der Waals surface area (Å²) in [5.74, 6) is 0. The molecule has 0 aliphatic carbocycles. The Bertz CT molecular complexity index is 2380. The van der Waals surface area contributed by atoms with Crippen LogP contribution in [0.15, 0.2) is 133 Å². The molecular formula is C38H22. The van der Waals surface area contributed by atoms with Gasteiger partial charge in [0.15, 0.2) is 0 Å². The zero-order valence-corrected chi connectivity index (χ0v) is 20.7. The fraction of sp³-hybridized carbons (Fsp3) is 0. The maximum atomic E-state index is 2.37. The second kappa shape index (κ2) is 7.31. The molecule has 0 heteroatoms. The Morgan fingerprint density at radius 2 is 0.737 bits per heavy atom. The Morgan fingerprint density at radius 1 is 0.263 bits per heavy atom. The van der Waals surface area contributed by atoms with Gasteiger partial charge in [0.25, 0.3) is 0 Å². The Labute approximate surface area is 219 Å². The van der Waals surface area contributed by atoms with Crippen molar-refractivity contribution in [3.8, 4) is 11.1 Å². The van der Waals surface area contributed by atoms with Gasteiger partial charge in [0.1, 0.15) is 0 Å². The summed E-state index contributed by atoms with van der Waals surface area (Å²) in [4.78, 5) is 0. The highest BCUT2D eigenvalue weighted by atomic mass is 14.2. The van der Waals surface area contributed by atoms with Gasteiger partial charge in [-0.1, -0.05) is 127 Å². The maximum Gasteiger partial charge on any atom is -0.00141 e. The van der Waals surface area contributed by atoms with Crippen LogP contribution in [0.4, 0.5) is 0 Å². The first-order chi connectivity index (χ1) is 18.8. The maximum absolute atomic E-state index is 2.37. The summed E-state index contributed by atoms with van der Waals surface area (Å²) in [6, 6.07) is 49.7. The van der Waals surface area contributed by atoms with Gasteiger partial charge in [-0.25, -0.2) is 0 Å². The molecule has 174 valence electrons. The highest BCUT2D eigenvalue weighted by Crippen LogP contribution is 2.45. The van der Waals surface area contributed by atoms with Crippen LogP contribution in [0, 0.1) is 0 Å². The summed E-state index contributed by atoms with van der Waals surface area (Å²) >= 11 is 0. The van der Waals surface area contributed by atoms with E-state index in [4.69, 9.17) is 0 Å². The molecule has 0 radical (unpaired) electrons. The van der Waals surface area contributed by atoms with Gasteiger partial charge in [-0.2, -0.15) is 0 Å². The highest BCUT2D eigenvalue weighted by Gasteiger charge is 2.16. The van der Waals surface area contributed by atoms with E-state index in [9.17, 15) is 0 Å². The number of hydrogen-bond donors (Lipinski definition) is 0. The van der Waals surface area contributed by atoms with Crippen LogP contribution in [0.1, 0.15) is 0 Å². The SMILES string of the molecule is c1ccc2cc(-c3ccc4c5cccc6ccc7cccc(c8cccc9ccc3c4c98)c7c65)ccc2c1. The van der Waals surface area contributed by atoms with Gasteiger partial charge in [0.2, 0.25) is 0 Å². The third-order valence-corrected chi connectivity index (χ3v) is 8.55. The van der Waals surface area contributed by atoms with E-state index in [1.807, 2.05) is 0 Å². The predicted octanol–water partition coefficient (Wildman–Crippen LogP) is 10.9. The monoisotopic (exact) mass is 478 g/mol. The molecule has 0 heterocycles. The molecule has 0 spiro atoms. The van der Waals surface area contributed by atoms with Crippen molar-refractivity contribution in [2.75, 3.05) is 0 Å². The quantitative estimate of drug-likeness (QED) is 0.206. The largest absolute Gasteiger partial charge is 0.0616 e. The van der Waals surface area contributed by atoms with Crippen LogP contribution < -0.4 is 0 Å². The van der Waals surface area contributed by atoms with E-state index in [1.54, 1.807) is 0 Å². The Morgan fingerprint density at radius 3 is 1.39 bits per heavy atom. The Hall–Kier alpha value is -4.94. The van der Waals surface area contributed by atoms with Crippen LogP contribution in [-0.2, 0) is 0 Å². The first-order valence-corrected chi connectivity index (χ1v) is 13.3. The molecule has 0 atom stereocenters. The van der Waals surface area contributed by atoms with Gasteiger partial charge < -0.3 is 0 Å². The molecule has 9 aromatic carbocycles. The summed E-state index contributed by atoms with van der Waals surface area (Å²) in [5, 5.41) is 18.4. The third kappa shape index (κ3) is 2.59. The van der Waals surface area contributed by atoms with Gasteiger partial charge in [0, 0.05) is 0 Å². The minimum absolute atomic E-state index is 1.26. The molecule has 0 unspecified atom stereocenters. The summed E-state index contributed by atoms with van der Waals surface area (Å²) in [5.41, 5.74) is 2.54. The lowest BCUT2D eigenvalue weighted by Gasteiger charge is -2.17. The molecule has 0 aliphatic heterocycles. The highest BCUT2D eigenvalue weighted by molar-refractivity contribution is 6.37. The van der Waals surface area contributed by atoms with E-state index in [-0.39, 0.29) is 0 Å². The molecule has 38 heavy (non-hydrogen) atoms. The van der Waals surface area contributed by atoms with Crippen LogP contribution in [0.2, 0.25) is 0 Å². The first-order valence-electron chi connectivity index (χ1n) is 13.3. The van der Waals surface area contributed by atoms with Crippen molar-refractivity contribution in [1.29, 1.82) is 0 Å². The third-order valence-electron chi connectivity index (χ3n) is 8.55. The van der Waals surface area contributed by atoms with Crippen molar-refractivity contribution < 1.29 is 0 Å². The number of fused-ring (bicyclic) bond motifs is 3. The molecule has 0 saturated carbocycles. The fourth-order valence-electron chi connectivity index (χ4n) is 6.89. The van der Waals surface area contributed by atoms with Gasteiger partial charge in [-0.15, -0.1) is 0 Å². The fourth-order valence-corrected chi connectivity index (χ4v) is 6.89. The lowest BCUT2D eigenvalue weighted by molar-refractivity contribution is 1.70. The zero-order chi connectivity index (χ0) is 24.8. The minimum Gasteiger partial charge on any atom is -0.0616 e. The summed E-state index contributed by atoms with van der Waals surface area (Å²) in [6.45, 7) is 0. The molecule has 0 N–H and O–H groups in total. The van der Waals surface area contributed by atoms with Crippen LogP contribution in [-0.4, -0.2) is 0 Å². The normalized spacial score (nSPS) is 12.2. The molecular weight excluding hydrogens is 456 g/mol. The van der Waals surface area contributed by atoms with E-state index in [2.05, 4.69) is 133 Å². The molecule has 9 rings (SSSR count). The van der Waals surface area contributed by atoms with Gasteiger partial charge >= 0.3 is 0 Å². The van der Waals surface area contributed by atoms with E-state index >= 15 is 0 Å². The van der Waals surface area contributed by atoms with Crippen molar-refractivity contribution in [2.45, 2.75) is 0 Å². The molecule has 0 nitrogen and oxygen atoms in total. The number of benzene rings is 8. The second-order valence-corrected chi connectivity index (χ2v) is 10.5. The van der Waals surface area contributed by atoms with Gasteiger partial charge in [0.05, 0.1) is 0 Å². The van der Waals surface area contributed by atoms with Crippen LogP contribution >= 0.6 is 0 Å². The smallest absolute Gasteiger partial charge is 0.00141 e. The van der Waals surface area contributed by atoms with Crippen LogP contribution in [0.25, 0.3) is 86.5 Å². The summed E-state index contributed by atoms with van der Waals surface area (Å²) in [7, 11) is 0. The summed E-state index contributed by atoms with van der Waals surface area (Å²) in [6.07, 6.45) is 0. The average molecular weight is 479 g/mol. The van der Waals surface area contributed by atoms with Gasteiger partial charge in [-0.05, 0) is 92.6 Å².